The minimum atomic E-state index is -0.148. The second-order valence-electron chi connectivity index (χ2n) is 5.05. The van der Waals surface area contributed by atoms with Gasteiger partial charge in [0.05, 0.1) is 11.9 Å². The SMILES string of the molecule is CC(C)c1ccc(CNc2cnn(C)c(=O)c2Br)cc1. The van der Waals surface area contributed by atoms with Crippen LogP contribution in [0.2, 0.25) is 0 Å². The molecule has 0 spiro atoms. The van der Waals surface area contributed by atoms with Crippen LogP contribution in [0.15, 0.2) is 39.7 Å². The molecule has 0 atom stereocenters. The lowest BCUT2D eigenvalue weighted by Gasteiger charge is -2.10. The highest BCUT2D eigenvalue weighted by Crippen LogP contribution is 2.18. The molecular formula is C15H18BrN3O. The number of halogens is 1. The Morgan fingerprint density at radius 2 is 1.95 bits per heavy atom. The fourth-order valence-electron chi connectivity index (χ4n) is 1.85. The van der Waals surface area contributed by atoms with Crippen LogP contribution in [0.3, 0.4) is 0 Å². The summed E-state index contributed by atoms with van der Waals surface area (Å²) in [7, 11) is 1.63. The first-order chi connectivity index (χ1) is 9.49. The summed E-state index contributed by atoms with van der Waals surface area (Å²) in [5.74, 6) is 0.535. The molecule has 0 bridgehead atoms. The summed E-state index contributed by atoms with van der Waals surface area (Å²) in [6, 6.07) is 8.48. The summed E-state index contributed by atoms with van der Waals surface area (Å²) in [5, 5.41) is 7.22. The van der Waals surface area contributed by atoms with Gasteiger partial charge in [-0.1, -0.05) is 38.1 Å². The molecule has 0 aliphatic heterocycles. The number of rotatable bonds is 4. The largest absolute Gasteiger partial charge is 0.379 e. The van der Waals surface area contributed by atoms with Gasteiger partial charge in [0.25, 0.3) is 5.56 Å². The quantitative estimate of drug-likeness (QED) is 0.932. The molecule has 2 aromatic rings. The summed E-state index contributed by atoms with van der Waals surface area (Å²) in [6.07, 6.45) is 1.65. The average Bonchev–Trinajstić information content (AvgIpc) is 2.44. The van der Waals surface area contributed by atoms with Crippen molar-refractivity contribution in [2.75, 3.05) is 5.32 Å². The van der Waals surface area contributed by atoms with E-state index in [-0.39, 0.29) is 5.56 Å². The van der Waals surface area contributed by atoms with Crippen LogP contribution in [0.5, 0.6) is 0 Å². The molecule has 0 saturated heterocycles. The summed E-state index contributed by atoms with van der Waals surface area (Å²) in [6.45, 7) is 5.01. The molecule has 0 amide bonds. The van der Waals surface area contributed by atoms with E-state index in [0.717, 1.165) is 0 Å². The van der Waals surface area contributed by atoms with Gasteiger partial charge in [0.15, 0.2) is 0 Å². The van der Waals surface area contributed by atoms with Gasteiger partial charge >= 0.3 is 0 Å². The summed E-state index contributed by atoms with van der Waals surface area (Å²) in [4.78, 5) is 11.7. The Bertz CT molecular complexity index is 647. The Morgan fingerprint density at radius 1 is 1.30 bits per heavy atom. The molecule has 0 fully saturated rings. The van der Waals surface area contributed by atoms with E-state index in [1.165, 1.54) is 15.8 Å². The van der Waals surface area contributed by atoms with E-state index in [9.17, 15) is 4.79 Å². The second kappa shape index (κ2) is 6.22. The standard InChI is InChI=1S/C15H18BrN3O/c1-10(2)12-6-4-11(5-7-12)8-17-13-9-18-19(3)15(20)14(13)16/h4-7,9-10,17H,8H2,1-3H3. The molecule has 1 aromatic heterocycles. The van der Waals surface area contributed by atoms with Crippen molar-refractivity contribution in [1.29, 1.82) is 0 Å². The van der Waals surface area contributed by atoms with Crippen molar-refractivity contribution < 1.29 is 0 Å². The third kappa shape index (κ3) is 3.28. The van der Waals surface area contributed by atoms with E-state index in [1.54, 1.807) is 13.2 Å². The summed E-state index contributed by atoms with van der Waals surface area (Å²) >= 11 is 3.30. The smallest absolute Gasteiger partial charge is 0.282 e. The zero-order chi connectivity index (χ0) is 14.7. The number of nitrogens with one attached hydrogen (secondary N) is 1. The van der Waals surface area contributed by atoms with Gasteiger partial charge in [-0.2, -0.15) is 5.10 Å². The third-order valence-electron chi connectivity index (χ3n) is 3.21. The van der Waals surface area contributed by atoms with E-state index in [0.29, 0.717) is 22.6 Å². The molecule has 4 nitrogen and oxygen atoms in total. The number of aryl methyl sites for hydroxylation is 1. The van der Waals surface area contributed by atoms with Crippen LogP contribution in [0.1, 0.15) is 30.9 Å². The van der Waals surface area contributed by atoms with Crippen molar-refractivity contribution in [3.8, 4) is 0 Å². The Hall–Kier alpha value is -1.62. The lowest BCUT2D eigenvalue weighted by Crippen LogP contribution is -2.21. The molecule has 0 aliphatic carbocycles. The monoisotopic (exact) mass is 335 g/mol. The Morgan fingerprint density at radius 3 is 2.55 bits per heavy atom. The van der Waals surface area contributed by atoms with E-state index in [4.69, 9.17) is 0 Å². The van der Waals surface area contributed by atoms with Crippen LogP contribution in [-0.4, -0.2) is 9.78 Å². The normalized spacial score (nSPS) is 10.8. The van der Waals surface area contributed by atoms with Crippen molar-refractivity contribution in [3.63, 3.8) is 0 Å². The molecular weight excluding hydrogens is 318 g/mol. The number of hydrogen-bond acceptors (Lipinski definition) is 3. The molecule has 1 N–H and O–H groups in total. The number of aromatic nitrogens is 2. The number of anilines is 1. The molecule has 0 radical (unpaired) electrons. The van der Waals surface area contributed by atoms with Crippen molar-refractivity contribution in [3.05, 3.63) is 56.4 Å². The van der Waals surface area contributed by atoms with Gasteiger partial charge in [-0.15, -0.1) is 0 Å². The lowest BCUT2D eigenvalue weighted by molar-refractivity contribution is 0.703. The fourth-order valence-corrected chi connectivity index (χ4v) is 2.35. The zero-order valence-electron chi connectivity index (χ0n) is 11.9. The van der Waals surface area contributed by atoms with Crippen LogP contribution in [-0.2, 0) is 13.6 Å². The average molecular weight is 336 g/mol. The van der Waals surface area contributed by atoms with Gasteiger partial charge in [-0.05, 0) is 33.0 Å². The van der Waals surface area contributed by atoms with Crippen molar-refractivity contribution in [2.24, 2.45) is 7.05 Å². The van der Waals surface area contributed by atoms with Crippen molar-refractivity contribution >= 4 is 21.6 Å². The van der Waals surface area contributed by atoms with Gasteiger partial charge in [0, 0.05) is 13.6 Å². The molecule has 1 aromatic carbocycles. The van der Waals surface area contributed by atoms with Crippen LogP contribution in [0, 0.1) is 0 Å². The van der Waals surface area contributed by atoms with E-state index in [1.807, 2.05) is 0 Å². The first-order valence-electron chi connectivity index (χ1n) is 6.53. The van der Waals surface area contributed by atoms with Gasteiger partial charge in [0.1, 0.15) is 4.47 Å². The number of hydrogen-bond donors (Lipinski definition) is 1. The molecule has 106 valence electrons. The lowest BCUT2D eigenvalue weighted by atomic mass is 10.0. The van der Waals surface area contributed by atoms with Crippen LogP contribution in [0.4, 0.5) is 5.69 Å². The summed E-state index contributed by atoms with van der Waals surface area (Å²) < 4.78 is 1.81. The van der Waals surface area contributed by atoms with Crippen molar-refractivity contribution in [2.45, 2.75) is 26.3 Å². The predicted molar refractivity (Wildman–Crippen MR) is 85.0 cm³/mol. The molecule has 5 heteroatoms. The number of benzene rings is 1. The van der Waals surface area contributed by atoms with Crippen molar-refractivity contribution in [1.82, 2.24) is 9.78 Å². The molecule has 0 unspecified atom stereocenters. The summed E-state index contributed by atoms with van der Waals surface area (Å²) in [5.41, 5.74) is 3.05. The maximum atomic E-state index is 11.7. The molecule has 0 saturated carbocycles. The molecule has 2 rings (SSSR count). The minimum absolute atomic E-state index is 0.148. The first-order valence-corrected chi connectivity index (χ1v) is 7.33. The second-order valence-corrected chi connectivity index (χ2v) is 5.84. The zero-order valence-corrected chi connectivity index (χ0v) is 13.4. The van der Waals surface area contributed by atoms with Gasteiger partial charge in [-0.25, -0.2) is 4.68 Å². The van der Waals surface area contributed by atoms with Gasteiger partial charge < -0.3 is 5.32 Å². The maximum absolute atomic E-state index is 11.7. The first kappa shape index (κ1) is 14.8. The topological polar surface area (TPSA) is 46.9 Å². The van der Waals surface area contributed by atoms with Gasteiger partial charge in [0.2, 0.25) is 0 Å². The Balaban J connectivity index is 2.09. The third-order valence-corrected chi connectivity index (χ3v) is 3.97. The van der Waals surface area contributed by atoms with E-state index >= 15 is 0 Å². The van der Waals surface area contributed by atoms with E-state index in [2.05, 4.69) is 64.5 Å². The fraction of sp³-hybridized carbons (Fsp3) is 0.333. The Kier molecular flexibility index (Phi) is 4.60. The highest BCUT2D eigenvalue weighted by molar-refractivity contribution is 9.10. The minimum Gasteiger partial charge on any atom is -0.379 e. The van der Waals surface area contributed by atoms with Crippen LogP contribution >= 0.6 is 15.9 Å². The molecule has 1 heterocycles. The highest BCUT2D eigenvalue weighted by atomic mass is 79.9. The number of nitrogens with zero attached hydrogens (tertiary/aromatic N) is 2. The molecule has 20 heavy (non-hydrogen) atoms. The van der Waals surface area contributed by atoms with Crippen LogP contribution < -0.4 is 10.9 Å². The Labute approximate surface area is 127 Å². The van der Waals surface area contributed by atoms with Gasteiger partial charge in [-0.3, -0.25) is 4.79 Å². The molecule has 0 aliphatic rings. The predicted octanol–water partition coefficient (Wildman–Crippen LogP) is 3.28. The van der Waals surface area contributed by atoms with Crippen LogP contribution in [0.25, 0.3) is 0 Å². The van der Waals surface area contributed by atoms with E-state index < -0.39 is 0 Å². The maximum Gasteiger partial charge on any atom is 0.282 e. The highest BCUT2D eigenvalue weighted by Gasteiger charge is 2.06.